The number of ether oxygens (including phenoxy) is 1. The normalized spacial score (nSPS) is 11.4. The zero-order chi connectivity index (χ0) is 19.8. The van der Waals surface area contributed by atoms with Gasteiger partial charge in [-0.3, -0.25) is 10.1 Å². The fraction of sp³-hybridized carbons (Fsp3) is 0.250. The number of halogens is 1. The molecule has 0 saturated heterocycles. The first-order valence-electron chi connectivity index (χ1n) is 8.43. The molecule has 2 aromatic heterocycles. The number of amides is 1. The van der Waals surface area contributed by atoms with Crippen LogP contribution >= 0.6 is 0 Å². The van der Waals surface area contributed by atoms with Gasteiger partial charge >= 0.3 is 6.09 Å². The van der Waals surface area contributed by atoms with Crippen LogP contribution in [0.15, 0.2) is 42.6 Å². The summed E-state index contributed by atoms with van der Waals surface area (Å²) >= 11 is 0. The maximum absolute atomic E-state index is 13.2. The summed E-state index contributed by atoms with van der Waals surface area (Å²) in [6.45, 7) is 6.76. The van der Waals surface area contributed by atoms with E-state index in [-0.39, 0.29) is 11.6 Å². The van der Waals surface area contributed by atoms with Crippen LogP contribution in [0.4, 0.5) is 14.9 Å². The molecule has 1 aromatic carbocycles. The van der Waals surface area contributed by atoms with E-state index in [2.05, 4.69) is 10.4 Å². The van der Waals surface area contributed by atoms with Gasteiger partial charge in [-0.1, -0.05) is 0 Å². The molecular formula is C20H20FN3O3. The molecular weight excluding hydrogens is 349 g/mol. The molecule has 6 nitrogen and oxygen atoms in total. The van der Waals surface area contributed by atoms with Crippen molar-refractivity contribution in [1.82, 2.24) is 9.61 Å². The van der Waals surface area contributed by atoms with E-state index in [9.17, 15) is 14.0 Å². The number of Topliss-reactive ketones (excluding diaryl/α,β-unsaturated/α-hetero) is 1. The van der Waals surface area contributed by atoms with Crippen molar-refractivity contribution >= 4 is 23.1 Å². The van der Waals surface area contributed by atoms with Crippen LogP contribution in [0.25, 0.3) is 16.8 Å². The van der Waals surface area contributed by atoms with Crippen LogP contribution in [0.2, 0.25) is 0 Å². The molecule has 0 aliphatic rings. The molecule has 0 saturated carbocycles. The van der Waals surface area contributed by atoms with Crippen molar-refractivity contribution < 1.29 is 18.7 Å². The van der Waals surface area contributed by atoms with Gasteiger partial charge in [0, 0.05) is 17.4 Å². The average Bonchev–Trinajstić information content (AvgIpc) is 2.92. The number of carbonyl (C=O) groups excluding carboxylic acids is 2. The summed E-state index contributed by atoms with van der Waals surface area (Å²) in [6.07, 6.45) is 1.05. The predicted octanol–water partition coefficient (Wildman–Crippen LogP) is 4.69. The van der Waals surface area contributed by atoms with Gasteiger partial charge in [0.2, 0.25) is 0 Å². The minimum atomic E-state index is -0.620. The highest BCUT2D eigenvalue weighted by molar-refractivity contribution is 6.07. The van der Waals surface area contributed by atoms with Gasteiger partial charge in [-0.25, -0.2) is 13.7 Å². The quantitative estimate of drug-likeness (QED) is 0.680. The van der Waals surface area contributed by atoms with Gasteiger partial charge < -0.3 is 4.74 Å². The molecule has 0 atom stereocenters. The summed E-state index contributed by atoms with van der Waals surface area (Å²) in [4.78, 5) is 24.2. The van der Waals surface area contributed by atoms with Crippen LogP contribution in [-0.4, -0.2) is 27.1 Å². The second-order valence-corrected chi connectivity index (χ2v) is 7.16. The van der Waals surface area contributed by atoms with E-state index in [1.165, 1.54) is 19.1 Å². The first-order valence-corrected chi connectivity index (χ1v) is 8.43. The zero-order valence-electron chi connectivity index (χ0n) is 15.5. The van der Waals surface area contributed by atoms with E-state index < -0.39 is 11.7 Å². The molecule has 0 radical (unpaired) electrons. The Bertz CT molecular complexity index is 1020. The van der Waals surface area contributed by atoms with Crippen molar-refractivity contribution in [3.05, 3.63) is 54.0 Å². The maximum Gasteiger partial charge on any atom is 0.412 e. The van der Waals surface area contributed by atoms with Crippen LogP contribution in [-0.2, 0) is 4.74 Å². The van der Waals surface area contributed by atoms with Crippen molar-refractivity contribution in [3.8, 4) is 11.3 Å². The van der Waals surface area contributed by atoms with E-state index in [4.69, 9.17) is 4.74 Å². The van der Waals surface area contributed by atoms with Gasteiger partial charge in [0.05, 0.1) is 11.1 Å². The number of nitrogens with one attached hydrogen (secondary N) is 1. The standard InChI is InChI=1S/C20H20FN3O3/c1-12(25)17-16-11-15(22-19(26)27-20(2,3)4)9-10-24(16)23-18(17)13-5-7-14(21)8-6-13/h5-11H,1-4H3,(H,22,26). The van der Waals surface area contributed by atoms with E-state index in [1.54, 1.807) is 55.7 Å². The fourth-order valence-corrected chi connectivity index (χ4v) is 2.70. The zero-order valence-corrected chi connectivity index (χ0v) is 15.5. The lowest BCUT2D eigenvalue weighted by atomic mass is 10.0. The number of carbonyl (C=O) groups is 2. The Balaban J connectivity index is 2.03. The fourth-order valence-electron chi connectivity index (χ4n) is 2.70. The van der Waals surface area contributed by atoms with Gasteiger partial charge in [-0.15, -0.1) is 0 Å². The molecule has 2 heterocycles. The molecule has 0 bridgehead atoms. The highest BCUT2D eigenvalue weighted by Gasteiger charge is 2.20. The Morgan fingerprint density at radius 2 is 1.81 bits per heavy atom. The number of rotatable bonds is 3. The number of hydrogen-bond acceptors (Lipinski definition) is 4. The van der Waals surface area contributed by atoms with Gasteiger partial charge in [0.1, 0.15) is 17.1 Å². The molecule has 1 N–H and O–H groups in total. The molecule has 0 unspecified atom stereocenters. The Morgan fingerprint density at radius 3 is 2.41 bits per heavy atom. The molecule has 0 aliphatic heterocycles. The minimum Gasteiger partial charge on any atom is -0.444 e. The lowest BCUT2D eigenvalue weighted by Gasteiger charge is -2.19. The molecule has 1 amide bonds. The average molecular weight is 369 g/mol. The topological polar surface area (TPSA) is 72.7 Å². The summed E-state index contributed by atoms with van der Waals surface area (Å²) in [6, 6.07) is 9.09. The van der Waals surface area contributed by atoms with Crippen molar-refractivity contribution in [3.63, 3.8) is 0 Å². The summed E-state index contributed by atoms with van der Waals surface area (Å²) in [5.74, 6) is -0.547. The van der Waals surface area contributed by atoms with Crippen LogP contribution < -0.4 is 5.32 Å². The van der Waals surface area contributed by atoms with Crippen molar-refractivity contribution in [2.45, 2.75) is 33.3 Å². The van der Waals surface area contributed by atoms with Crippen LogP contribution in [0, 0.1) is 5.82 Å². The number of ketones is 1. The number of anilines is 1. The number of pyridine rings is 1. The van der Waals surface area contributed by atoms with Crippen molar-refractivity contribution in [2.75, 3.05) is 5.32 Å². The Morgan fingerprint density at radius 1 is 1.15 bits per heavy atom. The van der Waals surface area contributed by atoms with Gasteiger partial charge in [0.15, 0.2) is 5.78 Å². The number of nitrogens with zero attached hydrogens (tertiary/aromatic N) is 2. The first-order chi connectivity index (χ1) is 12.6. The number of hydrogen-bond donors (Lipinski definition) is 1. The molecule has 3 aromatic rings. The van der Waals surface area contributed by atoms with Crippen molar-refractivity contribution in [1.29, 1.82) is 0 Å². The van der Waals surface area contributed by atoms with Gasteiger partial charge in [0.25, 0.3) is 0 Å². The molecule has 27 heavy (non-hydrogen) atoms. The Hall–Kier alpha value is -3.22. The number of benzene rings is 1. The molecule has 0 aliphatic carbocycles. The van der Waals surface area contributed by atoms with E-state index >= 15 is 0 Å². The highest BCUT2D eigenvalue weighted by Crippen LogP contribution is 2.28. The second-order valence-electron chi connectivity index (χ2n) is 7.16. The SMILES string of the molecule is CC(=O)c1c(-c2ccc(F)cc2)nn2ccc(NC(=O)OC(C)(C)C)cc12. The highest BCUT2D eigenvalue weighted by atomic mass is 19.1. The summed E-state index contributed by atoms with van der Waals surface area (Å²) < 4.78 is 20.0. The molecule has 0 fully saturated rings. The monoisotopic (exact) mass is 369 g/mol. The van der Waals surface area contributed by atoms with Crippen LogP contribution in [0.3, 0.4) is 0 Å². The number of fused-ring (bicyclic) bond motifs is 1. The Kier molecular flexibility index (Phi) is 4.70. The maximum atomic E-state index is 13.2. The number of aromatic nitrogens is 2. The lowest BCUT2D eigenvalue weighted by Crippen LogP contribution is -2.27. The van der Waals surface area contributed by atoms with Crippen molar-refractivity contribution in [2.24, 2.45) is 0 Å². The first kappa shape index (κ1) is 18.6. The molecule has 0 spiro atoms. The molecule has 7 heteroatoms. The Labute approximate surface area is 156 Å². The third-order valence-corrected chi connectivity index (χ3v) is 3.75. The molecule has 140 valence electrons. The van der Waals surface area contributed by atoms with Gasteiger partial charge in [-0.05, 0) is 64.1 Å². The lowest BCUT2D eigenvalue weighted by molar-refractivity contribution is 0.0635. The second kappa shape index (κ2) is 6.83. The largest absolute Gasteiger partial charge is 0.444 e. The van der Waals surface area contributed by atoms with E-state index in [0.29, 0.717) is 28.0 Å². The minimum absolute atomic E-state index is 0.182. The van der Waals surface area contributed by atoms with Crippen LogP contribution in [0.5, 0.6) is 0 Å². The van der Waals surface area contributed by atoms with Gasteiger partial charge in [-0.2, -0.15) is 5.10 Å². The van der Waals surface area contributed by atoms with E-state index in [1.807, 2.05) is 0 Å². The summed E-state index contributed by atoms with van der Waals surface area (Å²) in [5.41, 5.74) is 1.88. The smallest absolute Gasteiger partial charge is 0.412 e. The van der Waals surface area contributed by atoms with Crippen LogP contribution in [0.1, 0.15) is 38.1 Å². The third-order valence-electron chi connectivity index (χ3n) is 3.75. The molecule has 3 rings (SSSR count). The van der Waals surface area contributed by atoms with E-state index in [0.717, 1.165) is 0 Å². The predicted molar refractivity (Wildman–Crippen MR) is 100 cm³/mol. The summed E-state index contributed by atoms with van der Waals surface area (Å²) in [7, 11) is 0. The summed E-state index contributed by atoms with van der Waals surface area (Å²) in [5, 5.41) is 7.09. The third kappa shape index (κ3) is 4.13.